The Morgan fingerprint density at radius 2 is 1.89 bits per heavy atom. The van der Waals surface area contributed by atoms with Crippen LogP contribution in [0.5, 0.6) is 0 Å². The van der Waals surface area contributed by atoms with E-state index in [0.29, 0.717) is 5.69 Å². The van der Waals surface area contributed by atoms with Crippen LogP contribution < -0.4 is 5.32 Å². The molecule has 104 valence electrons. The van der Waals surface area contributed by atoms with Crippen LogP contribution in [0.1, 0.15) is 20.3 Å². The fourth-order valence-electron chi connectivity index (χ4n) is 1.54. The van der Waals surface area contributed by atoms with Crippen molar-refractivity contribution in [3.05, 3.63) is 27.8 Å². The van der Waals surface area contributed by atoms with Gasteiger partial charge in [-0.3, -0.25) is 4.79 Å². The third-order valence-corrected chi connectivity index (χ3v) is 3.27. The van der Waals surface area contributed by atoms with Crippen molar-refractivity contribution in [2.75, 3.05) is 11.9 Å². The summed E-state index contributed by atoms with van der Waals surface area (Å²) in [7, 11) is 0. The largest absolute Gasteiger partial charge is 0.481 e. The topological polar surface area (TPSA) is 69.6 Å². The Kier molecular flexibility index (Phi) is 6.07. The molecular formula is C13H17IN2O3. The van der Waals surface area contributed by atoms with Crippen molar-refractivity contribution in [2.45, 2.75) is 26.3 Å². The average Bonchev–Trinajstić information content (AvgIpc) is 2.31. The summed E-state index contributed by atoms with van der Waals surface area (Å²) in [5.74, 6) is -0.910. The fraction of sp³-hybridized carbons (Fsp3) is 0.385. The maximum Gasteiger partial charge on any atom is 0.322 e. The number of urea groups is 1. The fourth-order valence-corrected chi connectivity index (χ4v) is 1.90. The lowest BCUT2D eigenvalue weighted by atomic mass is 10.3. The van der Waals surface area contributed by atoms with Crippen LogP contribution in [0.25, 0.3) is 0 Å². The molecule has 0 aliphatic carbocycles. The smallest absolute Gasteiger partial charge is 0.322 e. The van der Waals surface area contributed by atoms with Crippen LogP contribution in [0.4, 0.5) is 10.5 Å². The molecule has 2 N–H and O–H groups in total. The summed E-state index contributed by atoms with van der Waals surface area (Å²) in [5, 5.41) is 11.5. The van der Waals surface area contributed by atoms with Crippen LogP contribution in [-0.2, 0) is 4.79 Å². The van der Waals surface area contributed by atoms with E-state index in [1.807, 2.05) is 38.1 Å². The number of amides is 2. The molecule has 0 bridgehead atoms. The minimum absolute atomic E-state index is 0.0526. The third-order valence-electron chi connectivity index (χ3n) is 2.55. The van der Waals surface area contributed by atoms with Crippen molar-refractivity contribution in [3.63, 3.8) is 0 Å². The summed E-state index contributed by atoms with van der Waals surface area (Å²) < 4.78 is 1.09. The lowest BCUT2D eigenvalue weighted by molar-refractivity contribution is -0.137. The number of nitrogens with one attached hydrogen (secondary N) is 1. The van der Waals surface area contributed by atoms with E-state index < -0.39 is 5.97 Å². The van der Waals surface area contributed by atoms with Crippen LogP contribution in [0.2, 0.25) is 0 Å². The minimum Gasteiger partial charge on any atom is -0.481 e. The molecule has 2 amide bonds. The number of hydrogen-bond donors (Lipinski definition) is 2. The molecule has 0 aromatic heterocycles. The number of benzene rings is 1. The van der Waals surface area contributed by atoms with Gasteiger partial charge in [-0.25, -0.2) is 4.79 Å². The van der Waals surface area contributed by atoms with Gasteiger partial charge in [-0.05, 0) is 60.7 Å². The summed E-state index contributed by atoms with van der Waals surface area (Å²) in [6, 6.07) is 7.09. The van der Waals surface area contributed by atoms with Crippen molar-refractivity contribution < 1.29 is 14.7 Å². The molecule has 19 heavy (non-hydrogen) atoms. The SMILES string of the molecule is CC(C)N(CCC(=O)O)C(=O)Nc1ccc(I)cc1. The van der Waals surface area contributed by atoms with Gasteiger partial charge in [-0.2, -0.15) is 0 Å². The van der Waals surface area contributed by atoms with Gasteiger partial charge in [-0.1, -0.05) is 0 Å². The van der Waals surface area contributed by atoms with E-state index in [4.69, 9.17) is 5.11 Å². The molecule has 6 heteroatoms. The number of aliphatic carboxylic acids is 1. The number of carbonyl (C=O) groups is 2. The van der Waals surface area contributed by atoms with E-state index in [0.717, 1.165) is 3.57 Å². The second-order valence-electron chi connectivity index (χ2n) is 4.37. The molecule has 0 fully saturated rings. The third kappa shape index (κ3) is 5.46. The van der Waals surface area contributed by atoms with Crippen molar-refractivity contribution in [1.82, 2.24) is 4.90 Å². The van der Waals surface area contributed by atoms with Crippen LogP contribution in [-0.4, -0.2) is 34.6 Å². The van der Waals surface area contributed by atoms with Crippen molar-refractivity contribution in [2.24, 2.45) is 0 Å². The molecule has 0 saturated carbocycles. The Labute approximate surface area is 126 Å². The molecule has 0 spiro atoms. The standard InChI is InChI=1S/C13H17IN2O3/c1-9(2)16(8-7-12(17)18)13(19)15-11-5-3-10(14)4-6-11/h3-6,9H,7-8H2,1-2H3,(H,15,19)(H,17,18). The number of anilines is 1. The van der Waals surface area contributed by atoms with Crippen LogP contribution in [0.15, 0.2) is 24.3 Å². The second kappa shape index (κ2) is 7.32. The highest BCUT2D eigenvalue weighted by molar-refractivity contribution is 14.1. The minimum atomic E-state index is -0.910. The Balaban J connectivity index is 2.66. The number of halogens is 1. The average molecular weight is 376 g/mol. The normalized spacial score (nSPS) is 10.3. The molecule has 0 aliphatic heterocycles. The van der Waals surface area contributed by atoms with E-state index in [1.54, 1.807) is 0 Å². The monoisotopic (exact) mass is 376 g/mol. The van der Waals surface area contributed by atoms with Gasteiger partial charge in [0.1, 0.15) is 0 Å². The van der Waals surface area contributed by atoms with Gasteiger partial charge < -0.3 is 15.3 Å². The van der Waals surface area contributed by atoms with Gasteiger partial charge in [0.25, 0.3) is 0 Å². The Morgan fingerprint density at radius 1 is 1.32 bits per heavy atom. The van der Waals surface area contributed by atoms with Gasteiger partial charge >= 0.3 is 12.0 Å². The summed E-state index contributed by atoms with van der Waals surface area (Å²) in [5.41, 5.74) is 0.700. The number of hydrogen-bond acceptors (Lipinski definition) is 2. The predicted octanol–water partition coefficient (Wildman–Crippen LogP) is 3.01. The van der Waals surface area contributed by atoms with E-state index in [9.17, 15) is 9.59 Å². The molecule has 1 aromatic rings. The van der Waals surface area contributed by atoms with Gasteiger partial charge in [0, 0.05) is 21.8 Å². The molecule has 1 aromatic carbocycles. The lowest BCUT2D eigenvalue weighted by Gasteiger charge is -2.26. The van der Waals surface area contributed by atoms with Crippen molar-refractivity contribution in [3.8, 4) is 0 Å². The van der Waals surface area contributed by atoms with Crippen LogP contribution >= 0.6 is 22.6 Å². The molecular weight excluding hydrogens is 359 g/mol. The second-order valence-corrected chi connectivity index (χ2v) is 5.61. The van der Waals surface area contributed by atoms with Crippen LogP contribution in [0, 0.1) is 3.57 Å². The van der Waals surface area contributed by atoms with E-state index in [1.165, 1.54) is 4.90 Å². The zero-order valence-corrected chi connectivity index (χ0v) is 13.0. The van der Waals surface area contributed by atoms with Crippen LogP contribution in [0.3, 0.4) is 0 Å². The molecule has 0 radical (unpaired) electrons. The molecule has 0 saturated heterocycles. The summed E-state index contributed by atoms with van der Waals surface area (Å²) in [6.07, 6.45) is -0.0573. The van der Waals surface area contributed by atoms with Gasteiger partial charge in [0.05, 0.1) is 6.42 Å². The number of carboxylic acid groups (broad SMARTS) is 1. The Bertz CT molecular complexity index is 446. The highest BCUT2D eigenvalue weighted by Crippen LogP contribution is 2.12. The number of carboxylic acids is 1. The number of rotatable bonds is 5. The van der Waals surface area contributed by atoms with E-state index in [2.05, 4.69) is 27.9 Å². The van der Waals surface area contributed by atoms with Gasteiger partial charge in [-0.15, -0.1) is 0 Å². The Hall–Kier alpha value is -1.31. The molecule has 1 rings (SSSR count). The van der Waals surface area contributed by atoms with Crippen molar-refractivity contribution in [1.29, 1.82) is 0 Å². The number of nitrogens with zero attached hydrogens (tertiary/aromatic N) is 1. The van der Waals surface area contributed by atoms with E-state index >= 15 is 0 Å². The first kappa shape index (κ1) is 15.7. The molecule has 5 nitrogen and oxygen atoms in total. The summed E-state index contributed by atoms with van der Waals surface area (Å²) in [4.78, 5) is 24.2. The molecule has 0 aliphatic rings. The highest BCUT2D eigenvalue weighted by Gasteiger charge is 2.17. The van der Waals surface area contributed by atoms with Gasteiger partial charge in [0.2, 0.25) is 0 Å². The number of carbonyl (C=O) groups excluding carboxylic acids is 1. The summed E-state index contributed by atoms with van der Waals surface area (Å²) in [6.45, 7) is 3.91. The predicted molar refractivity (Wildman–Crippen MR) is 82.3 cm³/mol. The quantitative estimate of drug-likeness (QED) is 0.777. The zero-order chi connectivity index (χ0) is 14.4. The summed E-state index contributed by atoms with van der Waals surface area (Å²) >= 11 is 2.19. The van der Waals surface area contributed by atoms with Gasteiger partial charge in [0.15, 0.2) is 0 Å². The Morgan fingerprint density at radius 3 is 2.37 bits per heavy atom. The molecule has 0 atom stereocenters. The highest BCUT2D eigenvalue weighted by atomic mass is 127. The zero-order valence-electron chi connectivity index (χ0n) is 10.9. The molecule has 0 heterocycles. The maximum absolute atomic E-state index is 12.1. The maximum atomic E-state index is 12.1. The first-order valence-electron chi connectivity index (χ1n) is 5.95. The molecule has 0 unspecified atom stereocenters. The van der Waals surface area contributed by atoms with E-state index in [-0.39, 0.29) is 25.0 Å². The first-order chi connectivity index (χ1) is 8.90. The first-order valence-corrected chi connectivity index (χ1v) is 7.03. The lowest BCUT2D eigenvalue weighted by Crippen LogP contribution is -2.41. The van der Waals surface area contributed by atoms with Crippen molar-refractivity contribution >= 4 is 40.3 Å².